The molecule has 0 radical (unpaired) electrons. The zero-order chi connectivity index (χ0) is 22.1. The molecule has 1 atom stereocenters. The second kappa shape index (κ2) is 10.9. The Morgan fingerprint density at radius 2 is 1.74 bits per heavy atom. The number of hydroxylamine groups is 1. The van der Waals surface area contributed by atoms with Crippen molar-refractivity contribution in [2.75, 3.05) is 0 Å². The fourth-order valence-corrected chi connectivity index (χ4v) is 3.75. The van der Waals surface area contributed by atoms with Gasteiger partial charge in [0.2, 0.25) is 0 Å². The van der Waals surface area contributed by atoms with Crippen molar-refractivity contribution in [2.45, 2.75) is 57.2 Å². The van der Waals surface area contributed by atoms with Gasteiger partial charge >= 0.3 is 5.97 Å². The van der Waals surface area contributed by atoms with Gasteiger partial charge in [0.25, 0.3) is 5.91 Å². The highest BCUT2D eigenvalue weighted by Crippen LogP contribution is 2.24. The first-order chi connectivity index (χ1) is 15.0. The van der Waals surface area contributed by atoms with E-state index in [1.54, 1.807) is 11.6 Å². The fourth-order valence-electron chi connectivity index (χ4n) is 3.75. The van der Waals surface area contributed by atoms with Crippen molar-refractivity contribution in [3.05, 3.63) is 77.4 Å². The number of amides is 1. The van der Waals surface area contributed by atoms with Crippen molar-refractivity contribution in [2.24, 2.45) is 0 Å². The van der Waals surface area contributed by atoms with Crippen LogP contribution in [0.25, 0.3) is 6.08 Å². The SMILES string of the molecule is C[C@@](Cc1ccccc1)(NCc1ccc(C=CC(=O)NO)cc1)C(=O)OC1CCCC1. The summed E-state index contributed by atoms with van der Waals surface area (Å²) in [5.41, 5.74) is 3.63. The number of carbonyl (C=O) groups is 2. The van der Waals surface area contributed by atoms with Crippen LogP contribution in [-0.2, 0) is 27.3 Å². The van der Waals surface area contributed by atoms with Crippen LogP contribution in [0.1, 0.15) is 49.3 Å². The predicted octanol–water partition coefficient (Wildman–Crippen LogP) is 3.78. The summed E-state index contributed by atoms with van der Waals surface area (Å²) in [4.78, 5) is 24.2. The summed E-state index contributed by atoms with van der Waals surface area (Å²) in [6.07, 6.45) is 7.53. The molecule has 164 valence electrons. The zero-order valence-corrected chi connectivity index (χ0v) is 17.8. The highest BCUT2D eigenvalue weighted by Gasteiger charge is 2.36. The Hall–Kier alpha value is -2.96. The van der Waals surface area contributed by atoms with E-state index in [0.29, 0.717) is 13.0 Å². The van der Waals surface area contributed by atoms with E-state index < -0.39 is 11.4 Å². The lowest BCUT2D eigenvalue weighted by Crippen LogP contribution is -2.52. The molecule has 1 aliphatic carbocycles. The Morgan fingerprint density at radius 1 is 1.06 bits per heavy atom. The van der Waals surface area contributed by atoms with E-state index in [-0.39, 0.29) is 12.1 Å². The molecular formula is C25H30N2O4. The molecule has 0 saturated heterocycles. The van der Waals surface area contributed by atoms with Crippen LogP contribution in [-0.4, -0.2) is 28.7 Å². The van der Waals surface area contributed by atoms with E-state index >= 15 is 0 Å². The molecule has 0 bridgehead atoms. The number of rotatable bonds is 9. The average Bonchev–Trinajstić information content (AvgIpc) is 3.30. The van der Waals surface area contributed by atoms with Gasteiger partial charge in [0, 0.05) is 19.0 Å². The number of carbonyl (C=O) groups excluding carboxylic acids is 2. The van der Waals surface area contributed by atoms with Crippen molar-refractivity contribution in [1.29, 1.82) is 0 Å². The third-order valence-corrected chi connectivity index (χ3v) is 5.63. The minimum Gasteiger partial charge on any atom is -0.461 e. The molecule has 0 aliphatic heterocycles. The summed E-state index contributed by atoms with van der Waals surface area (Å²) in [6.45, 7) is 2.41. The molecule has 1 aliphatic rings. The number of benzene rings is 2. The molecule has 1 saturated carbocycles. The normalized spacial score (nSPS) is 16.2. The van der Waals surface area contributed by atoms with Crippen LogP contribution in [0.15, 0.2) is 60.7 Å². The lowest BCUT2D eigenvalue weighted by Gasteiger charge is -2.30. The Kier molecular flexibility index (Phi) is 7.98. The Balaban J connectivity index is 1.68. The minimum atomic E-state index is -0.846. The van der Waals surface area contributed by atoms with Crippen molar-refractivity contribution in [3.63, 3.8) is 0 Å². The van der Waals surface area contributed by atoms with Gasteiger partial charge in [-0.25, -0.2) is 5.48 Å². The molecule has 3 N–H and O–H groups in total. The summed E-state index contributed by atoms with van der Waals surface area (Å²) in [6, 6.07) is 17.6. The van der Waals surface area contributed by atoms with Crippen LogP contribution in [0.3, 0.4) is 0 Å². The third-order valence-electron chi connectivity index (χ3n) is 5.63. The summed E-state index contributed by atoms with van der Waals surface area (Å²) in [5, 5.41) is 12.0. The monoisotopic (exact) mass is 422 g/mol. The van der Waals surface area contributed by atoms with Crippen molar-refractivity contribution >= 4 is 18.0 Å². The molecule has 6 heteroatoms. The Bertz CT molecular complexity index is 889. The first-order valence-corrected chi connectivity index (χ1v) is 10.7. The average molecular weight is 423 g/mol. The first-order valence-electron chi connectivity index (χ1n) is 10.7. The number of esters is 1. The van der Waals surface area contributed by atoms with Gasteiger partial charge in [0.05, 0.1) is 0 Å². The highest BCUT2D eigenvalue weighted by molar-refractivity contribution is 5.90. The Labute approximate surface area is 183 Å². The van der Waals surface area contributed by atoms with Gasteiger partial charge in [-0.2, -0.15) is 0 Å². The minimum absolute atomic E-state index is 0.0200. The van der Waals surface area contributed by atoms with E-state index in [2.05, 4.69) is 5.32 Å². The molecule has 0 unspecified atom stereocenters. The summed E-state index contributed by atoms with van der Waals surface area (Å²) >= 11 is 0. The van der Waals surface area contributed by atoms with Crippen LogP contribution in [0.2, 0.25) is 0 Å². The topological polar surface area (TPSA) is 87.7 Å². The largest absolute Gasteiger partial charge is 0.461 e. The molecule has 3 rings (SSSR count). The number of hydrogen-bond donors (Lipinski definition) is 3. The quantitative estimate of drug-likeness (QED) is 0.248. The van der Waals surface area contributed by atoms with Gasteiger partial charge in [0.1, 0.15) is 11.6 Å². The highest BCUT2D eigenvalue weighted by atomic mass is 16.5. The second-order valence-corrected chi connectivity index (χ2v) is 8.21. The summed E-state index contributed by atoms with van der Waals surface area (Å²) < 4.78 is 5.85. The van der Waals surface area contributed by atoms with Gasteiger partial charge in [-0.3, -0.25) is 20.1 Å². The maximum atomic E-state index is 13.1. The van der Waals surface area contributed by atoms with Gasteiger partial charge in [-0.05, 0) is 55.4 Å². The third kappa shape index (κ3) is 6.77. The van der Waals surface area contributed by atoms with E-state index in [1.165, 1.54) is 6.08 Å². The molecule has 1 amide bonds. The van der Waals surface area contributed by atoms with Crippen LogP contribution >= 0.6 is 0 Å². The summed E-state index contributed by atoms with van der Waals surface area (Å²) in [5.74, 6) is -0.791. The maximum Gasteiger partial charge on any atom is 0.326 e. The van der Waals surface area contributed by atoms with E-state index in [0.717, 1.165) is 42.4 Å². The van der Waals surface area contributed by atoms with Crippen molar-refractivity contribution < 1.29 is 19.5 Å². The number of nitrogens with one attached hydrogen (secondary N) is 2. The zero-order valence-electron chi connectivity index (χ0n) is 17.8. The van der Waals surface area contributed by atoms with E-state index in [9.17, 15) is 9.59 Å². The second-order valence-electron chi connectivity index (χ2n) is 8.21. The van der Waals surface area contributed by atoms with Gasteiger partial charge < -0.3 is 4.74 Å². The molecule has 2 aromatic carbocycles. The lowest BCUT2D eigenvalue weighted by atomic mass is 9.92. The van der Waals surface area contributed by atoms with Crippen molar-refractivity contribution in [1.82, 2.24) is 10.8 Å². The molecule has 31 heavy (non-hydrogen) atoms. The molecular weight excluding hydrogens is 392 g/mol. The smallest absolute Gasteiger partial charge is 0.326 e. The number of ether oxygens (including phenoxy) is 1. The van der Waals surface area contributed by atoms with Crippen LogP contribution in [0, 0.1) is 0 Å². The molecule has 2 aromatic rings. The van der Waals surface area contributed by atoms with Gasteiger partial charge in [-0.1, -0.05) is 54.6 Å². The van der Waals surface area contributed by atoms with Gasteiger partial charge in [0.15, 0.2) is 0 Å². The maximum absolute atomic E-state index is 13.1. The molecule has 1 fully saturated rings. The van der Waals surface area contributed by atoms with Crippen LogP contribution in [0.5, 0.6) is 0 Å². The van der Waals surface area contributed by atoms with Gasteiger partial charge in [-0.15, -0.1) is 0 Å². The van der Waals surface area contributed by atoms with Crippen LogP contribution < -0.4 is 10.8 Å². The predicted molar refractivity (Wildman–Crippen MR) is 119 cm³/mol. The molecule has 0 spiro atoms. The lowest BCUT2D eigenvalue weighted by molar-refractivity contribution is -0.156. The standard InChI is InChI=1S/C25H30N2O4/c1-25(17-20-7-3-2-4-8-20,24(29)31-22-9-5-6-10-22)26-18-21-13-11-19(12-14-21)15-16-23(28)27-30/h2-4,7-8,11-16,22,26,30H,5-6,9-10,17-18H2,1H3,(H,27,28)/t25-/m0/s1. The summed E-state index contributed by atoms with van der Waals surface area (Å²) in [7, 11) is 0. The number of hydrogen-bond acceptors (Lipinski definition) is 5. The molecule has 6 nitrogen and oxygen atoms in total. The van der Waals surface area contributed by atoms with Crippen LogP contribution in [0.4, 0.5) is 0 Å². The first kappa shape index (κ1) is 22.7. The molecule has 0 heterocycles. The molecule has 0 aromatic heterocycles. The van der Waals surface area contributed by atoms with Crippen molar-refractivity contribution in [3.8, 4) is 0 Å². The Morgan fingerprint density at radius 3 is 2.39 bits per heavy atom. The fraction of sp³-hybridized carbons (Fsp3) is 0.360. The van der Waals surface area contributed by atoms with E-state index in [4.69, 9.17) is 9.94 Å². The van der Waals surface area contributed by atoms with E-state index in [1.807, 2.05) is 61.5 Å².